The van der Waals surface area contributed by atoms with Gasteiger partial charge in [-0.05, 0) is 37.3 Å². The Bertz CT molecular complexity index is 1000. The van der Waals surface area contributed by atoms with Gasteiger partial charge in [-0.25, -0.2) is 9.37 Å². The number of anilines is 2. The average Bonchev–Trinajstić information content (AvgIpc) is 3.00. The van der Waals surface area contributed by atoms with Gasteiger partial charge >= 0.3 is 0 Å². The van der Waals surface area contributed by atoms with E-state index < -0.39 is 11.7 Å². The van der Waals surface area contributed by atoms with Crippen LogP contribution in [0.4, 0.5) is 15.8 Å². The summed E-state index contributed by atoms with van der Waals surface area (Å²) in [7, 11) is 0. The third-order valence-corrected chi connectivity index (χ3v) is 4.68. The van der Waals surface area contributed by atoms with Crippen molar-refractivity contribution in [1.29, 1.82) is 0 Å². The van der Waals surface area contributed by atoms with Gasteiger partial charge in [0.25, 0.3) is 5.91 Å². The molecule has 7 heteroatoms. The highest BCUT2D eigenvalue weighted by atomic mass is 19.1. The van der Waals surface area contributed by atoms with E-state index in [0.717, 1.165) is 25.3 Å². The van der Waals surface area contributed by atoms with E-state index in [1.165, 1.54) is 12.1 Å². The molecule has 1 amide bonds. The molecule has 140 valence electrons. The number of oxazole rings is 1. The summed E-state index contributed by atoms with van der Waals surface area (Å²) >= 11 is 0. The maximum Gasteiger partial charge on any atom is 0.258 e. The maximum atomic E-state index is 14.6. The van der Waals surface area contributed by atoms with Crippen LogP contribution in [0.15, 0.2) is 40.8 Å². The largest absolute Gasteiger partial charge is 0.441 e. The molecule has 6 nitrogen and oxygen atoms in total. The van der Waals surface area contributed by atoms with Crippen LogP contribution >= 0.6 is 0 Å². The molecule has 27 heavy (non-hydrogen) atoms. The number of piperazine rings is 1. The predicted molar refractivity (Wildman–Crippen MR) is 103 cm³/mol. The molecule has 1 aliphatic rings. The molecule has 1 aliphatic heterocycles. The number of hydrogen-bond donors (Lipinski definition) is 2. The molecular formula is C20H21FN4O2. The summed E-state index contributed by atoms with van der Waals surface area (Å²) in [5, 5.41) is 6.07. The molecule has 2 N–H and O–H groups in total. The Morgan fingerprint density at radius 1 is 1.33 bits per heavy atom. The number of carbonyl (C=O) groups excluding carboxylic acids is 1. The maximum absolute atomic E-state index is 14.6. The first-order valence-electron chi connectivity index (χ1n) is 8.96. The summed E-state index contributed by atoms with van der Waals surface area (Å²) in [6.45, 7) is 6.33. The van der Waals surface area contributed by atoms with Crippen molar-refractivity contribution in [3.8, 4) is 0 Å². The fourth-order valence-corrected chi connectivity index (χ4v) is 3.37. The first kappa shape index (κ1) is 17.5. The molecule has 1 aromatic heterocycles. The molecule has 3 aromatic rings. The predicted octanol–water partition coefficient (Wildman–Crippen LogP) is 3.33. The lowest BCUT2D eigenvalue weighted by Crippen LogP contribution is -2.49. The molecule has 0 radical (unpaired) electrons. The molecule has 1 unspecified atom stereocenters. The summed E-state index contributed by atoms with van der Waals surface area (Å²) in [6, 6.07) is 10.3. The van der Waals surface area contributed by atoms with Crippen LogP contribution in [0.2, 0.25) is 0 Å². The molecule has 2 aromatic carbocycles. The minimum absolute atomic E-state index is 0.00998. The second kappa shape index (κ2) is 7.00. The van der Waals surface area contributed by atoms with Gasteiger partial charge in [0, 0.05) is 50.0 Å². The molecule has 0 bridgehead atoms. The van der Waals surface area contributed by atoms with Gasteiger partial charge in [0.1, 0.15) is 11.3 Å². The van der Waals surface area contributed by atoms with Crippen molar-refractivity contribution in [3.63, 3.8) is 0 Å². The number of aryl methyl sites for hydroxylation is 1. The van der Waals surface area contributed by atoms with E-state index in [0.29, 0.717) is 28.7 Å². The number of nitrogens with one attached hydrogen (secondary N) is 2. The third kappa shape index (κ3) is 3.64. The average molecular weight is 368 g/mol. The van der Waals surface area contributed by atoms with Gasteiger partial charge in [-0.15, -0.1) is 0 Å². The molecule has 1 saturated heterocycles. The summed E-state index contributed by atoms with van der Waals surface area (Å²) in [4.78, 5) is 18.8. The fraction of sp³-hybridized carbons (Fsp3) is 0.300. The lowest BCUT2D eigenvalue weighted by molar-refractivity contribution is 0.102. The van der Waals surface area contributed by atoms with Crippen LogP contribution in [0.1, 0.15) is 23.2 Å². The highest BCUT2D eigenvalue weighted by Gasteiger charge is 2.19. The first-order valence-corrected chi connectivity index (χ1v) is 8.96. The van der Waals surface area contributed by atoms with Crippen molar-refractivity contribution in [2.75, 3.05) is 29.9 Å². The minimum Gasteiger partial charge on any atom is -0.441 e. The molecule has 1 atom stereocenters. The van der Waals surface area contributed by atoms with E-state index >= 15 is 0 Å². The third-order valence-electron chi connectivity index (χ3n) is 4.68. The van der Waals surface area contributed by atoms with Crippen LogP contribution in [-0.4, -0.2) is 36.6 Å². The van der Waals surface area contributed by atoms with Gasteiger partial charge in [0.05, 0.1) is 5.56 Å². The van der Waals surface area contributed by atoms with Crippen molar-refractivity contribution >= 4 is 28.4 Å². The summed E-state index contributed by atoms with van der Waals surface area (Å²) < 4.78 is 20.0. The topological polar surface area (TPSA) is 70.4 Å². The lowest BCUT2D eigenvalue weighted by atomic mass is 10.1. The standard InChI is InChI=1S/C20H21FN4O2/c1-12-11-25(8-7-22-12)15-4-5-16(17(21)10-15)20(26)24-14-3-6-18-19(9-14)27-13(2)23-18/h3-6,9-10,12,22H,7-8,11H2,1-2H3,(H,24,26). The van der Waals surface area contributed by atoms with E-state index in [4.69, 9.17) is 4.42 Å². The van der Waals surface area contributed by atoms with Crippen LogP contribution < -0.4 is 15.5 Å². The van der Waals surface area contributed by atoms with Crippen molar-refractivity contribution < 1.29 is 13.6 Å². The van der Waals surface area contributed by atoms with E-state index in [2.05, 4.69) is 27.4 Å². The van der Waals surface area contributed by atoms with Crippen LogP contribution in [-0.2, 0) is 0 Å². The fourth-order valence-electron chi connectivity index (χ4n) is 3.37. The summed E-state index contributed by atoms with van der Waals surface area (Å²) in [6.07, 6.45) is 0. The van der Waals surface area contributed by atoms with Crippen molar-refractivity contribution in [2.45, 2.75) is 19.9 Å². The molecular weight excluding hydrogens is 347 g/mol. The lowest BCUT2D eigenvalue weighted by Gasteiger charge is -2.33. The number of halogens is 1. The zero-order valence-electron chi connectivity index (χ0n) is 15.3. The van der Waals surface area contributed by atoms with E-state index in [1.54, 1.807) is 31.2 Å². The number of hydrogen-bond acceptors (Lipinski definition) is 5. The Hall–Kier alpha value is -2.93. The van der Waals surface area contributed by atoms with Crippen LogP contribution in [0.5, 0.6) is 0 Å². The zero-order chi connectivity index (χ0) is 19.0. The van der Waals surface area contributed by atoms with Crippen molar-refractivity contribution in [1.82, 2.24) is 10.3 Å². The number of rotatable bonds is 3. The van der Waals surface area contributed by atoms with Crippen LogP contribution in [0, 0.1) is 12.7 Å². The Morgan fingerprint density at radius 2 is 2.19 bits per heavy atom. The number of fused-ring (bicyclic) bond motifs is 1. The van der Waals surface area contributed by atoms with Crippen molar-refractivity contribution in [3.05, 3.63) is 53.7 Å². The quantitative estimate of drug-likeness (QED) is 0.742. The number of amides is 1. The highest BCUT2D eigenvalue weighted by molar-refractivity contribution is 6.05. The molecule has 0 aliphatic carbocycles. The first-order chi connectivity index (χ1) is 13.0. The van der Waals surface area contributed by atoms with E-state index in [9.17, 15) is 9.18 Å². The van der Waals surface area contributed by atoms with Crippen LogP contribution in [0.3, 0.4) is 0 Å². The number of aromatic nitrogens is 1. The monoisotopic (exact) mass is 368 g/mol. The normalized spacial score (nSPS) is 17.3. The van der Waals surface area contributed by atoms with Crippen LogP contribution in [0.25, 0.3) is 11.1 Å². The molecule has 1 fully saturated rings. The summed E-state index contributed by atoms with van der Waals surface area (Å²) in [5.74, 6) is -0.478. The molecule has 4 rings (SSSR count). The molecule has 0 saturated carbocycles. The SMILES string of the molecule is Cc1nc2ccc(NC(=O)c3ccc(N4CCNC(C)C4)cc3F)cc2o1. The van der Waals surface area contributed by atoms with Gasteiger partial charge in [-0.1, -0.05) is 0 Å². The smallest absolute Gasteiger partial charge is 0.258 e. The highest BCUT2D eigenvalue weighted by Crippen LogP contribution is 2.23. The Balaban J connectivity index is 1.52. The second-order valence-corrected chi connectivity index (χ2v) is 6.83. The van der Waals surface area contributed by atoms with Gasteiger partial charge in [0.2, 0.25) is 0 Å². The Labute approximate surface area is 156 Å². The second-order valence-electron chi connectivity index (χ2n) is 6.83. The zero-order valence-corrected chi connectivity index (χ0v) is 15.3. The van der Waals surface area contributed by atoms with Gasteiger partial charge in [0.15, 0.2) is 11.5 Å². The van der Waals surface area contributed by atoms with Gasteiger partial charge < -0.3 is 20.0 Å². The number of nitrogens with zero attached hydrogens (tertiary/aromatic N) is 2. The van der Waals surface area contributed by atoms with Gasteiger partial charge in [-0.2, -0.15) is 0 Å². The van der Waals surface area contributed by atoms with Crippen molar-refractivity contribution in [2.24, 2.45) is 0 Å². The number of benzene rings is 2. The van der Waals surface area contributed by atoms with Gasteiger partial charge in [-0.3, -0.25) is 4.79 Å². The van der Waals surface area contributed by atoms with E-state index in [-0.39, 0.29) is 5.56 Å². The van der Waals surface area contributed by atoms with E-state index in [1.807, 2.05) is 0 Å². The number of carbonyl (C=O) groups is 1. The Kier molecular flexibility index (Phi) is 4.53. The molecule has 0 spiro atoms. The molecule has 2 heterocycles. The summed E-state index contributed by atoms with van der Waals surface area (Å²) in [5.41, 5.74) is 2.62. The minimum atomic E-state index is -0.534. The Morgan fingerprint density at radius 3 is 2.96 bits per heavy atom.